The van der Waals surface area contributed by atoms with Gasteiger partial charge in [0.2, 0.25) is 0 Å². The van der Waals surface area contributed by atoms with Crippen molar-refractivity contribution in [3.63, 3.8) is 0 Å². The van der Waals surface area contributed by atoms with Crippen LogP contribution in [0.5, 0.6) is 5.75 Å². The summed E-state index contributed by atoms with van der Waals surface area (Å²) in [4.78, 5) is 36.2. The van der Waals surface area contributed by atoms with Gasteiger partial charge < -0.3 is 14.5 Å². The first-order valence-corrected chi connectivity index (χ1v) is 9.90. The third-order valence-corrected chi connectivity index (χ3v) is 5.40. The summed E-state index contributed by atoms with van der Waals surface area (Å²) in [5.41, 5.74) is 1.62. The molecular formula is C23H24N4O3. The number of amides is 2. The number of piperazine rings is 1. The number of rotatable bonds is 6. The van der Waals surface area contributed by atoms with E-state index in [-0.39, 0.29) is 18.4 Å². The largest absolute Gasteiger partial charge is 0.497 e. The van der Waals surface area contributed by atoms with E-state index >= 15 is 0 Å². The maximum absolute atomic E-state index is 13.2. The van der Waals surface area contributed by atoms with E-state index < -0.39 is 0 Å². The van der Waals surface area contributed by atoms with E-state index in [1.54, 1.807) is 31.5 Å². The first kappa shape index (κ1) is 19.7. The molecule has 0 radical (unpaired) electrons. The molecule has 1 aromatic heterocycles. The summed E-state index contributed by atoms with van der Waals surface area (Å²) in [5, 5.41) is 0. The lowest BCUT2D eigenvalue weighted by molar-refractivity contribution is -0.136. The normalized spacial score (nSPS) is 17.0. The van der Waals surface area contributed by atoms with Crippen LogP contribution in [0.4, 0.5) is 5.82 Å². The Morgan fingerprint density at radius 3 is 2.30 bits per heavy atom. The molecule has 1 fully saturated rings. The Kier molecular flexibility index (Phi) is 5.52. The Morgan fingerprint density at radius 2 is 1.70 bits per heavy atom. The van der Waals surface area contributed by atoms with Crippen LogP contribution < -0.4 is 9.64 Å². The van der Waals surface area contributed by atoms with Crippen molar-refractivity contribution < 1.29 is 14.3 Å². The topological polar surface area (TPSA) is 66.0 Å². The van der Waals surface area contributed by atoms with E-state index in [2.05, 4.69) is 16.5 Å². The monoisotopic (exact) mass is 404 g/mol. The number of ether oxygens (including phenoxy) is 1. The van der Waals surface area contributed by atoms with E-state index in [1.807, 2.05) is 35.2 Å². The maximum Gasteiger partial charge on any atom is 0.278 e. The second-order valence-electron chi connectivity index (χ2n) is 7.12. The molecule has 0 atom stereocenters. The zero-order valence-corrected chi connectivity index (χ0v) is 17.0. The standard InChI is InChI=1S/C23H24N4O3/c1-3-12-27-22(28)20(17-7-9-18(30-2)10-8-17)21(23(27)29)26-15-13-25(14-16-26)19-6-4-5-11-24-19/h3-11H,1,12-16H2,2H3. The van der Waals surface area contributed by atoms with Crippen molar-refractivity contribution in [3.8, 4) is 5.75 Å². The summed E-state index contributed by atoms with van der Waals surface area (Å²) in [6.45, 7) is 6.58. The van der Waals surface area contributed by atoms with Gasteiger partial charge in [-0.2, -0.15) is 0 Å². The average Bonchev–Trinajstić information content (AvgIpc) is 3.05. The van der Waals surface area contributed by atoms with E-state index in [0.29, 0.717) is 35.7 Å². The van der Waals surface area contributed by atoms with E-state index in [4.69, 9.17) is 4.74 Å². The van der Waals surface area contributed by atoms with Crippen LogP contribution in [0.3, 0.4) is 0 Å². The second-order valence-corrected chi connectivity index (χ2v) is 7.12. The molecule has 2 aromatic rings. The molecule has 0 N–H and O–H groups in total. The number of imide groups is 1. The van der Waals surface area contributed by atoms with Crippen LogP contribution >= 0.6 is 0 Å². The fraction of sp³-hybridized carbons (Fsp3) is 0.261. The van der Waals surface area contributed by atoms with Crippen LogP contribution in [0.1, 0.15) is 5.56 Å². The lowest BCUT2D eigenvalue weighted by Gasteiger charge is -2.37. The zero-order chi connectivity index (χ0) is 21.1. The molecule has 0 spiro atoms. The molecule has 1 saturated heterocycles. The first-order chi connectivity index (χ1) is 14.6. The van der Waals surface area contributed by atoms with Gasteiger partial charge in [0.15, 0.2) is 0 Å². The number of methoxy groups -OCH3 is 1. The molecule has 0 aliphatic carbocycles. The third kappa shape index (κ3) is 3.54. The lowest BCUT2D eigenvalue weighted by Crippen LogP contribution is -2.47. The van der Waals surface area contributed by atoms with Gasteiger partial charge in [0.1, 0.15) is 17.3 Å². The Labute approximate surface area is 175 Å². The van der Waals surface area contributed by atoms with Crippen LogP contribution in [0.2, 0.25) is 0 Å². The van der Waals surface area contributed by atoms with Gasteiger partial charge in [-0.1, -0.05) is 24.3 Å². The Hall–Kier alpha value is -3.61. The predicted octanol–water partition coefficient (Wildman–Crippen LogP) is 2.18. The molecule has 7 nitrogen and oxygen atoms in total. The Morgan fingerprint density at radius 1 is 1.00 bits per heavy atom. The van der Waals surface area contributed by atoms with Crippen LogP contribution in [-0.4, -0.2) is 66.4 Å². The summed E-state index contributed by atoms with van der Waals surface area (Å²) in [6, 6.07) is 13.1. The fourth-order valence-electron chi connectivity index (χ4n) is 3.87. The number of hydrogen-bond donors (Lipinski definition) is 0. The minimum atomic E-state index is -0.285. The van der Waals surface area contributed by atoms with Crippen molar-refractivity contribution in [2.45, 2.75) is 0 Å². The number of carbonyl (C=O) groups excluding carboxylic acids is 2. The Bertz CT molecular complexity index is 977. The molecule has 154 valence electrons. The number of anilines is 1. The number of hydrogen-bond acceptors (Lipinski definition) is 6. The van der Waals surface area contributed by atoms with Crippen molar-refractivity contribution in [2.24, 2.45) is 0 Å². The minimum absolute atomic E-state index is 0.189. The van der Waals surface area contributed by atoms with Gasteiger partial charge in [0.25, 0.3) is 11.8 Å². The number of carbonyl (C=O) groups is 2. The minimum Gasteiger partial charge on any atom is -0.497 e. The molecule has 2 amide bonds. The molecule has 2 aliphatic heterocycles. The van der Waals surface area contributed by atoms with E-state index in [9.17, 15) is 9.59 Å². The van der Waals surface area contributed by atoms with Crippen molar-refractivity contribution >= 4 is 23.2 Å². The molecule has 2 aliphatic rings. The van der Waals surface area contributed by atoms with Gasteiger partial charge in [-0.25, -0.2) is 4.98 Å². The maximum atomic E-state index is 13.2. The molecule has 0 bridgehead atoms. The van der Waals surface area contributed by atoms with Crippen LogP contribution in [0.25, 0.3) is 5.57 Å². The molecule has 30 heavy (non-hydrogen) atoms. The molecule has 0 saturated carbocycles. The predicted molar refractivity (Wildman–Crippen MR) is 115 cm³/mol. The highest BCUT2D eigenvalue weighted by Crippen LogP contribution is 2.33. The molecule has 0 unspecified atom stereocenters. The molecule has 7 heteroatoms. The van der Waals surface area contributed by atoms with E-state index in [1.165, 1.54) is 4.90 Å². The molecule has 3 heterocycles. The number of aromatic nitrogens is 1. The SMILES string of the molecule is C=CCN1C(=O)C(c2ccc(OC)cc2)=C(N2CCN(c3ccccn3)CC2)C1=O. The molecule has 1 aromatic carbocycles. The third-order valence-electron chi connectivity index (χ3n) is 5.40. The zero-order valence-electron chi connectivity index (χ0n) is 17.0. The highest BCUT2D eigenvalue weighted by atomic mass is 16.5. The summed E-state index contributed by atoms with van der Waals surface area (Å²) < 4.78 is 5.22. The second kappa shape index (κ2) is 8.41. The van der Waals surface area contributed by atoms with Gasteiger partial charge in [-0.3, -0.25) is 14.5 Å². The van der Waals surface area contributed by atoms with Gasteiger partial charge in [-0.15, -0.1) is 6.58 Å². The highest BCUT2D eigenvalue weighted by molar-refractivity contribution is 6.35. The first-order valence-electron chi connectivity index (χ1n) is 9.90. The summed E-state index contributed by atoms with van der Waals surface area (Å²) >= 11 is 0. The van der Waals surface area contributed by atoms with Gasteiger partial charge >= 0.3 is 0 Å². The smallest absolute Gasteiger partial charge is 0.278 e. The van der Waals surface area contributed by atoms with Gasteiger partial charge in [-0.05, 0) is 29.8 Å². The Balaban J connectivity index is 1.64. The molecule has 4 rings (SSSR count). The summed E-state index contributed by atoms with van der Waals surface area (Å²) in [5.74, 6) is 1.07. The van der Waals surface area contributed by atoms with Crippen molar-refractivity contribution in [2.75, 3.05) is 44.7 Å². The highest BCUT2D eigenvalue weighted by Gasteiger charge is 2.41. The van der Waals surface area contributed by atoms with Crippen LogP contribution in [0.15, 0.2) is 67.0 Å². The van der Waals surface area contributed by atoms with Crippen molar-refractivity contribution in [3.05, 3.63) is 72.6 Å². The number of nitrogens with zero attached hydrogens (tertiary/aromatic N) is 4. The van der Waals surface area contributed by atoms with Crippen molar-refractivity contribution in [1.82, 2.24) is 14.8 Å². The quantitative estimate of drug-likeness (QED) is 0.543. The van der Waals surface area contributed by atoms with Crippen LogP contribution in [-0.2, 0) is 9.59 Å². The van der Waals surface area contributed by atoms with Gasteiger partial charge in [0, 0.05) is 38.9 Å². The lowest BCUT2D eigenvalue weighted by atomic mass is 10.0. The number of benzene rings is 1. The molecular weight excluding hydrogens is 380 g/mol. The van der Waals surface area contributed by atoms with Crippen LogP contribution in [0, 0.1) is 0 Å². The van der Waals surface area contributed by atoms with E-state index in [0.717, 1.165) is 18.9 Å². The fourth-order valence-corrected chi connectivity index (χ4v) is 3.87. The van der Waals surface area contributed by atoms with Crippen molar-refractivity contribution in [1.29, 1.82) is 0 Å². The summed E-state index contributed by atoms with van der Waals surface area (Å²) in [6.07, 6.45) is 3.35. The van der Waals surface area contributed by atoms with Gasteiger partial charge in [0.05, 0.1) is 12.7 Å². The summed E-state index contributed by atoms with van der Waals surface area (Å²) in [7, 11) is 1.59. The average molecular weight is 404 g/mol. The number of pyridine rings is 1.